The molecule has 21 heavy (non-hydrogen) atoms. The number of benzene rings is 1. The first-order valence-corrected chi connectivity index (χ1v) is 7.38. The number of nitrogens with one attached hydrogen (secondary N) is 1. The fraction of sp³-hybridized carbons (Fsp3) is 0.286. The summed E-state index contributed by atoms with van der Waals surface area (Å²) in [6.45, 7) is 2.78. The summed E-state index contributed by atoms with van der Waals surface area (Å²) in [6.07, 6.45) is 0. The number of rotatable bonds is 3. The molecule has 0 aliphatic carbocycles. The van der Waals surface area contributed by atoms with Crippen molar-refractivity contribution in [2.24, 2.45) is 0 Å². The van der Waals surface area contributed by atoms with Gasteiger partial charge in [-0.15, -0.1) is 0 Å². The standard InChI is InChI=1S/C14H14BrN3O3/c15-10-2-1-3-11(8-10)16-14(19)12-9-13(21-17-12)18-4-6-20-7-5-18/h1-3,8-9H,4-7H2,(H,16,19). The lowest BCUT2D eigenvalue weighted by atomic mass is 10.3. The van der Waals surface area contributed by atoms with Gasteiger partial charge in [0.2, 0.25) is 5.88 Å². The van der Waals surface area contributed by atoms with Crippen molar-refractivity contribution in [1.29, 1.82) is 0 Å². The zero-order valence-corrected chi connectivity index (χ0v) is 12.8. The van der Waals surface area contributed by atoms with Crippen molar-refractivity contribution in [3.05, 3.63) is 40.5 Å². The van der Waals surface area contributed by atoms with Crippen LogP contribution < -0.4 is 10.2 Å². The molecule has 1 aromatic carbocycles. The number of morpholine rings is 1. The van der Waals surface area contributed by atoms with Gasteiger partial charge in [0.1, 0.15) is 0 Å². The Bertz CT molecular complexity index is 638. The lowest BCUT2D eigenvalue weighted by Gasteiger charge is -2.25. The van der Waals surface area contributed by atoms with E-state index in [1.165, 1.54) is 0 Å². The molecule has 1 aromatic heterocycles. The average Bonchev–Trinajstić information content (AvgIpc) is 2.98. The molecule has 1 N–H and O–H groups in total. The minimum absolute atomic E-state index is 0.261. The molecule has 0 bridgehead atoms. The summed E-state index contributed by atoms with van der Waals surface area (Å²) in [7, 11) is 0. The first-order valence-electron chi connectivity index (χ1n) is 6.59. The smallest absolute Gasteiger partial charge is 0.277 e. The highest BCUT2D eigenvalue weighted by Gasteiger charge is 2.19. The third kappa shape index (κ3) is 3.43. The maximum atomic E-state index is 12.1. The predicted molar refractivity (Wildman–Crippen MR) is 81.6 cm³/mol. The molecule has 2 heterocycles. The van der Waals surface area contributed by atoms with E-state index in [0.717, 1.165) is 17.6 Å². The quantitative estimate of drug-likeness (QED) is 0.920. The Morgan fingerprint density at radius 3 is 2.86 bits per heavy atom. The van der Waals surface area contributed by atoms with Gasteiger partial charge in [-0.05, 0) is 18.2 Å². The Kier molecular flexibility index (Phi) is 4.21. The largest absolute Gasteiger partial charge is 0.378 e. The molecular weight excluding hydrogens is 338 g/mol. The molecular formula is C14H14BrN3O3. The van der Waals surface area contributed by atoms with E-state index in [1.807, 2.05) is 29.2 Å². The van der Waals surface area contributed by atoms with Crippen LogP contribution in [0.25, 0.3) is 0 Å². The Morgan fingerprint density at radius 2 is 2.10 bits per heavy atom. The predicted octanol–water partition coefficient (Wildman–Crippen LogP) is 2.53. The van der Waals surface area contributed by atoms with Crippen molar-refractivity contribution in [3.8, 4) is 0 Å². The third-order valence-electron chi connectivity index (χ3n) is 3.14. The summed E-state index contributed by atoms with van der Waals surface area (Å²) in [5, 5.41) is 6.61. The molecule has 0 unspecified atom stereocenters. The first-order chi connectivity index (χ1) is 10.2. The topological polar surface area (TPSA) is 67.6 Å². The van der Waals surface area contributed by atoms with Gasteiger partial charge in [0, 0.05) is 29.3 Å². The summed E-state index contributed by atoms with van der Waals surface area (Å²) in [5.41, 5.74) is 0.960. The number of halogens is 1. The zero-order chi connectivity index (χ0) is 14.7. The van der Waals surface area contributed by atoms with Gasteiger partial charge in [-0.2, -0.15) is 0 Å². The van der Waals surface area contributed by atoms with Crippen LogP contribution in [0.3, 0.4) is 0 Å². The fourth-order valence-corrected chi connectivity index (χ4v) is 2.47. The van der Waals surface area contributed by atoms with Crippen LogP contribution in [0.5, 0.6) is 0 Å². The van der Waals surface area contributed by atoms with Crippen LogP contribution in [0, 0.1) is 0 Å². The lowest BCUT2D eigenvalue weighted by Crippen LogP contribution is -2.35. The van der Waals surface area contributed by atoms with Gasteiger partial charge >= 0.3 is 0 Å². The number of hydrogen-bond acceptors (Lipinski definition) is 5. The number of carbonyl (C=O) groups is 1. The highest BCUT2D eigenvalue weighted by Crippen LogP contribution is 2.19. The Morgan fingerprint density at radius 1 is 1.29 bits per heavy atom. The highest BCUT2D eigenvalue weighted by molar-refractivity contribution is 9.10. The average molecular weight is 352 g/mol. The van der Waals surface area contributed by atoms with Gasteiger partial charge < -0.3 is 19.5 Å². The van der Waals surface area contributed by atoms with E-state index in [9.17, 15) is 4.79 Å². The van der Waals surface area contributed by atoms with Gasteiger partial charge in [0.25, 0.3) is 5.91 Å². The molecule has 0 spiro atoms. The van der Waals surface area contributed by atoms with Crippen molar-refractivity contribution in [2.45, 2.75) is 0 Å². The number of carbonyl (C=O) groups excluding carboxylic acids is 1. The summed E-state index contributed by atoms with van der Waals surface area (Å²) in [5.74, 6) is 0.300. The maximum absolute atomic E-state index is 12.1. The molecule has 1 saturated heterocycles. The van der Waals surface area contributed by atoms with Crippen molar-refractivity contribution in [2.75, 3.05) is 36.5 Å². The summed E-state index contributed by atoms with van der Waals surface area (Å²) in [6, 6.07) is 9.02. The maximum Gasteiger partial charge on any atom is 0.277 e. The van der Waals surface area contributed by atoms with Gasteiger partial charge in [-0.3, -0.25) is 4.79 Å². The van der Waals surface area contributed by atoms with Gasteiger partial charge in [0.05, 0.1) is 13.2 Å². The molecule has 2 aromatic rings. The molecule has 1 aliphatic rings. The van der Waals surface area contributed by atoms with E-state index in [0.29, 0.717) is 24.8 Å². The van der Waals surface area contributed by atoms with E-state index in [4.69, 9.17) is 9.26 Å². The Balaban J connectivity index is 1.69. The van der Waals surface area contributed by atoms with Crippen LogP contribution in [0.4, 0.5) is 11.6 Å². The second-order valence-corrected chi connectivity index (χ2v) is 5.53. The van der Waals surface area contributed by atoms with E-state index >= 15 is 0 Å². The highest BCUT2D eigenvalue weighted by atomic mass is 79.9. The molecule has 7 heteroatoms. The van der Waals surface area contributed by atoms with E-state index < -0.39 is 0 Å². The van der Waals surface area contributed by atoms with Gasteiger partial charge in [0.15, 0.2) is 5.69 Å². The fourth-order valence-electron chi connectivity index (χ4n) is 2.07. The summed E-state index contributed by atoms with van der Waals surface area (Å²) >= 11 is 3.36. The number of ether oxygens (including phenoxy) is 1. The second kappa shape index (κ2) is 6.28. The van der Waals surface area contributed by atoms with E-state index in [-0.39, 0.29) is 11.6 Å². The Hall–Kier alpha value is -1.86. The molecule has 1 aliphatic heterocycles. The second-order valence-electron chi connectivity index (χ2n) is 4.61. The molecule has 0 saturated carbocycles. The number of anilines is 2. The van der Waals surface area contributed by atoms with Gasteiger partial charge in [-0.25, -0.2) is 0 Å². The van der Waals surface area contributed by atoms with Crippen LogP contribution in [0.1, 0.15) is 10.5 Å². The van der Waals surface area contributed by atoms with E-state index in [1.54, 1.807) is 6.07 Å². The molecule has 6 nitrogen and oxygen atoms in total. The zero-order valence-electron chi connectivity index (χ0n) is 11.2. The van der Waals surface area contributed by atoms with Crippen LogP contribution in [0.2, 0.25) is 0 Å². The van der Waals surface area contributed by atoms with Crippen molar-refractivity contribution >= 4 is 33.4 Å². The molecule has 0 radical (unpaired) electrons. The van der Waals surface area contributed by atoms with E-state index in [2.05, 4.69) is 26.4 Å². The molecule has 110 valence electrons. The van der Waals surface area contributed by atoms with Crippen molar-refractivity contribution in [1.82, 2.24) is 5.16 Å². The van der Waals surface area contributed by atoms with Crippen molar-refractivity contribution < 1.29 is 14.1 Å². The third-order valence-corrected chi connectivity index (χ3v) is 3.63. The van der Waals surface area contributed by atoms with Crippen LogP contribution in [0.15, 0.2) is 39.3 Å². The number of aromatic nitrogens is 1. The minimum Gasteiger partial charge on any atom is -0.378 e. The van der Waals surface area contributed by atoms with Gasteiger partial charge in [-0.1, -0.05) is 27.2 Å². The van der Waals surface area contributed by atoms with Crippen LogP contribution in [-0.4, -0.2) is 37.4 Å². The molecule has 3 rings (SSSR count). The summed E-state index contributed by atoms with van der Waals surface area (Å²) < 4.78 is 11.4. The first kappa shape index (κ1) is 14.1. The molecule has 1 amide bonds. The Labute approximate surface area is 130 Å². The molecule has 0 atom stereocenters. The SMILES string of the molecule is O=C(Nc1cccc(Br)c1)c1cc(N2CCOCC2)on1. The normalized spacial score (nSPS) is 15.0. The minimum atomic E-state index is -0.295. The number of amides is 1. The lowest BCUT2D eigenvalue weighted by molar-refractivity contribution is 0.101. The summed E-state index contributed by atoms with van der Waals surface area (Å²) in [4.78, 5) is 14.1. The van der Waals surface area contributed by atoms with Crippen LogP contribution >= 0.6 is 15.9 Å². The monoisotopic (exact) mass is 351 g/mol. The number of hydrogen-bond donors (Lipinski definition) is 1. The number of nitrogens with zero attached hydrogens (tertiary/aromatic N) is 2. The van der Waals surface area contributed by atoms with Crippen molar-refractivity contribution in [3.63, 3.8) is 0 Å². The van der Waals surface area contributed by atoms with Crippen LogP contribution in [-0.2, 0) is 4.74 Å². The molecule has 1 fully saturated rings.